The van der Waals surface area contributed by atoms with Crippen LogP contribution < -0.4 is 10.8 Å². The fourth-order valence-electron chi connectivity index (χ4n) is 1.85. The minimum absolute atomic E-state index is 0.122. The normalized spacial score (nSPS) is 15.4. The highest BCUT2D eigenvalue weighted by atomic mass is 19.1. The fourth-order valence-corrected chi connectivity index (χ4v) is 1.85. The molecule has 0 saturated carbocycles. The van der Waals surface area contributed by atoms with E-state index in [0.717, 1.165) is 6.42 Å². The van der Waals surface area contributed by atoms with Gasteiger partial charge in [-0.15, -0.1) is 0 Å². The van der Waals surface area contributed by atoms with Crippen molar-refractivity contribution >= 4 is 24.2 Å². The minimum atomic E-state index is -1.21. The lowest BCUT2D eigenvalue weighted by Gasteiger charge is -2.11. The minimum Gasteiger partial charge on any atom is -0.423 e. The first kappa shape index (κ1) is 13.0. The summed E-state index contributed by atoms with van der Waals surface area (Å²) in [4.78, 5) is 11.7. The number of carbonyl (C=O) groups excluding carboxylic acids is 1. The Morgan fingerprint density at radius 3 is 3.06 bits per heavy atom. The fraction of sp³-hybridized carbons (Fsp3) is 0.417. The van der Waals surface area contributed by atoms with Gasteiger partial charge in [-0.1, -0.05) is 13.8 Å². The van der Waals surface area contributed by atoms with Crippen LogP contribution in [-0.4, -0.2) is 18.0 Å². The van der Waals surface area contributed by atoms with Crippen molar-refractivity contribution in [2.45, 2.75) is 26.9 Å². The maximum absolute atomic E-state index is 13.7. The van der Waals surface area contributed by atoms with Gasteiger partial charge in [0.05, 0.1) is 6.61 Å². The predicted molar refractivity (Wildman–Crippen MR) is 66.9 cm³/mol. The van der Waals surface area contributed by atoms with Crippen molar-refractivity contribution in [1.29, 1.82) is 0 Å². The molecule has 18 heavy (non-hydrogen) atoms. The molecule has 96 valence electrons. The van der Waals surface area contributed by atoms with Gasteiger partial charge in [0.15, 0.2) is 0 Å². The SMILES string of the molecule is CCC(C)C(=O)Nc1cc(F)c2c(c1)COB2O. The third-order valence-electron chi connectivity index (χ3n) is 3.19. The Hall–Kier alpha value is -1.40. The van der Waals surface area contributed by atoms with Crippen LogP contribution in [0.1, 0.15) is 25.8 Å². The summed E-state index contributed by atoms with van der Waals surface area (Å²) in [6.45, 7) is 3.88. The van der Waals surface area contributed by atoms with Crippen molar-refractivity contribution in [2.75, 3.05) is 5.32 Å². The monoisotopic (exact) mass is 251 g/mol. The highest BCUT2D eigenvalue weighted by Crippen LogP contribution is 2.19. The van der Waals surface area contributed by atoms with E-state index in [-0.39, 0.29) is 23.9 Å². The molecule has 1 aromatic rings. The smallest absolute Gasteiger partial charge is 0.423 e. The molecule has 0 aliphatic carbocycles. The van der Waals surface area contributed by atoms with E-state index in [0.29, 0.717) is 11.3 Å². The summed E-state index contributed by atoms with van der Waals surface area (Å²) in [5.74, 6) is -0.823. The van der Waals surface area contributed by atoms with E-state index < -0.39 is 12.9 Å². The van der Waals surface area contributed by atoms with Crippen LogP contribution in [0.2, 0.25) is 0 Å². The van der Waals surface area contributed by atoms with E-state index >= 15 is 0 Å². The zero-order valence-electron chi connectivity index (χ0n) is 10.4. The lowest BCUT2D eigenvalue weighted by Crippen LogP contribution is -2.31. The van der Waals surface area contributed by atoms with Crippen LogP contribution in [0.25, 0.3) is 0 Å². The molecule has 0 radical (unpaired) electrons. The van der Waals surface area contributed by atoms with Gasteiger partial charge in [-0.3, -0.25) is 4.79 Å². The third-order valence-corrected chi connectivity index (χ3v) is 3.19. The quantitative estimate of drug-likeness (QED) is 0.789. The number of carbonyl (C=O) groups is 1. The first-order valence-corrected chi connectivity index (χ1v) is 5.95. The second kappa shape index (κ2) is 5.08. The predicted octanol–water partition coefficient (Wildman–Crippen LogP) is 1.03. The number of nitrogens with one attached hydrogen (secondary N) is 1. The van der Waals surface area contributed by atoms with Crippen LogP contribution in [-0.2, 0) is 16.1 Å². The van der Waals surface area contributed by atoms with Crippen LogP contribution in [0.4, 0.5) is 10.1 Å². The molecule has 6 heteroatoms. The molecule has 1 aliphatic heterocycles. The van der Waals surface area contributed by atoms with E-state index in [4.69, 9.17) is 4.65 Å². The standard InChI is InChI=1S/C12H15BFNO3/c1-3-7(2)12(16)15-9-4-8-6-18-13(17)11(8)10(14)5-9/h4-5,7,17H,3,6H2,1-2H3,(H,15,16). The van der Waals surface area contributed by atoms with Gasteiger partial charge in [-0.25, -0.2) is 4.39 Å². The lowest BCUT2D eigenvalue weighted by atomic mass is 9.79. The van der Waals surface area contributed by atoms with Gasteiger partial charge in [-0.05, 0) is 24.1 Å². The number of halogens is 1. The molecular weight excluding hydrogens is 236 g/mol. The Morgan fingerprint density at radius 1 is 1.67 bits per heavy atom. The molecule has 0 bridgehead atoms. The van der Waals surface area contributed by atoms with E-state index in [1.165, 1.54) is 6.07 Å². The molecule has 1 amide bonds. The van der Waals surface area contributed by atoms with Gasteiger partial charge in [0, 0.05) is 17.1 Å². The maximum atomic E-state index is 13.7. The van der Waals surface area contributed by atoms with Crippen molar-refractivity contribution in [3.8, 4) is 0 Å². The molecule has 2 N–H and O–H groups in total. The molecule has 4 nitrogen and oxygen atoms in total. The first-order valence-electron chi connectivity index (χ1n) is 5.95. The molecule has 1 aromatic carbocycles. The summed E-state index contributed by atoms with van der Waals surface area (Å²) in [7, 11) is -1.21. The Balaban J connectivity index is 2.22. The Labute approximate surface area is 105 Å². The molecule has 0 aromatic heterocycles. The summed E-state index contributed by atoms with van der Waals surface area (Å²) in [5, 5.41) is 12.1. The average Bonchev–Trinajstić information content (AvgIpc) is 2.70. The van der Waals surface area contributed by atoms with Gasteiger partial charge in [0.25, 0.3) is 0 Å². The van der Waals surface area contributed by atoms with Gasteiger partial charge in [0.1, 0.15) is 5.82 Å². The number of rotatable bonds is 3. The second-order valence-electron chi connectivity index (χ2n) is 4.49. The average molecular weight is 251 g/mol. The molecule has 0 spiro atoms. The van der Waals surface area contributed by atoms with Crippen LogP contribution in [0.5, 0.6) is 0 Å². The van der Waals surface area contributed by atoms with Crippen molar-refractivity contribution in [3.05, 3.63) is 23.5 Å². The number of benzene rings is 1. The third kappa shape index (κ3) is 2.39. The van der Waals surface area contributed by atoms with Crippen molar-refractivity contribution in [1.82, 2.24) is 0 Å². The van der Waals surface area contributed by atoms with E-state index in [9.17, 15) is 14.2 Å². The summed E-state index contributed by atoms with van der Waals surface area (Å²) < 4.78 is 18.7. The number of hydrogen-bond donors (Lipinski definition) is 2. The summed E-state index contributed by atoms with van der Waals surface area (Å²) >= 11 is 0. The molecule has 1 aliphatic rings. The number of hydrogen-bond acceptors (Lipinski definition) is 3. The summed E-state index contributed by atoms with van der Waals surface area (Å²) in [6, 6.07) is 2.84. The summed E-state index contributed by atoms with van der Waals surface area (Å²) in [5.41, 5.74) is 1.13. The highest BCUT2D eigenvalue weighted by molar-refractivity contribution is 6.61. The number of amides is 1. The van der Waals surface area contributed by atoms with Gasteiger partial charge >= 0.3 is 7.12 Å². The first-order chi connectivity index (χ1) is 8.52. The largest absolute Gasteiger partial charge is 0.494 e. The van der Waals surface area contributed by atoms with Gasteiger partial charge in [-0.2, -0.15) is 0 Å². The molecular formula is C12H15BFNO3. The second-order valence-corrected chi connectivity index (χ2v) is 4.49. The lowest BCUT2D eigenvalue weighted by molar-refractivity contribution is -0.119. The topological polar surface area (TPSA) is 58.6 Å². The Bertz CT molecular complexity index is 481. The van der Waals surface area contributed by atoms with Crippen LogP contribution in [0, 0.1) is 11.7 Å². The highest BCUT2D eigenvalue weighted by Gasteiger charge is 2.31. The molecule has 1 unspecified atom stereocenters. The molecule has 2 rings (SSSR count). The molecule has 0 saturated heterocycles. The van der Waals surface area contributed by atoms with E-state index in [1.807, 2.05) is 13.8 Å². The van der Waals surface area contributed by atoms with Gasteiger partial charge in [0.2, 0.25) is 5.91 Å². The zero-order valence-corrected chi connectivity index (χ0v) is 10.4. The van der Waals surface area contributed by atoms with Crippen molar-refractivity contribution < 1.29 is 18.9 Å². The summed E-state index contributed by atoms with van der Waals surface area (Å²) in [6.07, 6.45) is 0.723. The molecule has 0 fully saturated rings. The maximum Gasteiger partial charge on any atom is 0.494 e. The Morgan fingerprint density at radius 2 is 2.39 bits per heavy atom. The zero-order chi connectivity index (χ0) is 13.3. The molecule has 1 heterocycles. The van der Waals surface area contributed by atoms with Crippen LogP contribution in [0.15, 0.2) is 12.1 Å². The van der Waals surface area contributed by atoms with Crippen LogP contribution >= 0.6 is 0 Å². The molecule has 1 atom stereocenters. The Kier molecular flexibility index (Phi) is 3.68. The van der Waals surface area contributed by atoms with Gasteiger partial charge < -0.3 is 15.0 Å². The number of fused-ring (bicyclic) bond motifs is 1. The van der Waals surface area contributed by atoms with Crippen molar-refractivity contribution in [3.63, 3.8) is 0 Å². The van der Waals surface area contributed by atoms with Crippen molar-refractivity contribution in [2.24, 2.45) is 5.92 Å². The number of anilines is 1. The van der Waals surface area contributed by atoms with E-state index in [2.05, 4.69) is 5.32 Å². The van der Waals surface area contributed by atoms with Crippen LogP contribution in [0.3, 0.4) is 0 Å². The van der Waals surface area contributed by atoms with E-state index in [1.54, 1.807) is 6.07 Å².